The number of halogens is 1. The van der Waals surface area contributed by atoms with Crippen molar-refractivity contribution in [3.8, 4) is 0 Å². The van der Waals surface area contributed by atoms with E-state index in [1.165, 1.54) is 0 Å². The molecule has 1 atom stereocenters. The molecule has 1 aliphatic heterocycles. The first-order valence-corrected chi connectivity index (χ1v) is 6.99. The number of carbonyl (C=O) groups excluding carboxylic acids is 1. The predicted molar refractivity (Wildman–Crippen MR) is 70.3 cm³/mol. The van der Waals surface area contributed by atoms with E-state index >= 15 is 0 Å². The monoisotopic (exact) mass is 271 g/mol. The van der Waals surface area contributed by atoms with Crippen LogP contribution in [0.25, 0.3) is 0 Å². The molecule has 1 fully saturated rings. The number of benzene rings is 1. The van der Waals surface area contributed by atoms with Gasteiger partial charge < -0.3 is 10.0 Å². The van der Waals surface area contributed by atoms with Crippen LogP contribution in [0.3, 0.4) is 0 Å². The maximum absolute atomic E-state index is 11.7. The minimum absolute atomic E-state index is 0.0469. The number of hydrogen-bond donors (Lipinski definition) is 1. The lowest BCUT2D eigenvalue weighted by Gasteiger charge is -2.35. The van der Waals surface area contributed by atoms with E-state index in [1.807, 2.05) is 36.0 Å². The average Bonchev–Trinajstić information content (AvgIpc) is 2.39. The van der Waals surface area contributed by atoms with Gasteiger partial charge in [0.2, 0.25) is 5.91 Å². The highest BCUT2D eigenvalue weighted by Crippen LogP contribution is 2.30. The van der Waals surface area contributed by atoms with Gasteiger partial charge in [0.25, 0.3) is 0 Å². The van der Waals surface area contributed by atoms with Crippen molar-refractivity contribution in [1.29, 1.82) is 0 Å². The van der Waals surface area contributed by atoms with Crippen LogP contribution in [0.2, 0.25) is 5.02 Å². The Balaban J connectivity index is 2.21. The van der Waals surface area contributed by atoms with Gasteiger partial charge in [-0.2, -0.15) is 11.8 Å². The Labute approximate surface area is 110 Å². The van der Waals surface area contributed by atoms with Crippen LogP contribution in [0, 0.1) is 0 Å². The Kier molecular flexibility index (Phi) is 4.31. The summed E-state index contributed by atoms with van der Waals surface area (Å²) in [6, 6.07) is 7.59. The second kappa shape index (κ2) is 5.76. The molecule has 1 heterocycles. The Hall–Kier alpha value is -0.710. The molecule has 5 heteroatoms. The third kappa shape index (κ3) is 2.94. The van der Waals surface area contributed by atoms with Gasteiger partial charge in [0.1, 0.15) is 6.61 Å². The van der Waals surface area contributed by atoms with E-state index in [2.05, 4.69) is 0 Å². The third-order valence-electron chi connectivity index (χ3n) is 2.84. The van der Waals surface area contributed by atoms with E-state index in [9.17, 15) is 4.79 Å². The van der Waals surface area contributed by atoms with Crippen molar-refractivity contribution in [3.63, 3.8) is 0 Å². The number of aliphatic hydroxyl groups excluding tert-OH is 1. The number of carbonyl (C=O) groups is 1. The second-order valence-corrected chi connectivity index (χ2v) is 5.47. The van der Waals surface area contributed by atoms with E-state index in [0.29, 0.717) is 11.6 Å². The van der Waals surface area contributed by atoms with E-state index in [1.54, 1.807) is 4.90 Å². The Morgan fingerprint density at radius 3 is 2.82 bits per heavy atom. The van der Waals surface area contributed by atoms with Gasteiger partial charge in [-0.15, -0.1) is 0 Å². The van der Waals surface area contributed by atoms with Crippen molar-refractivity contribution in [2.75, 3.05) is 24.7 Å². The summed E-state index contributed by atoms with van der Waals surface area (Å²) in [5, 5.41) is 9.67. The molecule has 0 radical (unpaired) electrons. The number of aliphatic hydroxyl groups is 1. The normalized spacial score (nSPS) is 20.4. The standard InChI is InChI=1S/C12H14ClNO2S/c13-10-3-1-9(2-4-10)11-8-17-6-5-14(11)12(16)7-15/h1-4,11,15H,5-8H2/t11-/m0/s1. The fraction of sp³-hybridized carbons (Fsp3) is 0.417. The Morgan fingerprint density at radius 2 is 2.18 bits per heavy atom. The van der Waals surface area contributed by atoms with Crippen LogP contribution in [0.4, 0.5) is 0 Å². The number of amides is 1. The van der Waals surface area contributed by atoms with E-state index in [0.717, 1.165) is 17.1 Å². The molecule has 1 aliphatic rings. The van der Waals surface area contributed by atoms with Crippen LogP contribution < -0.4 is 0 Å². The minimum atomic E-state index is -0.422. The van der Waals surface area contributed by atoms with Gasteiger partial charge >= 0.3 is 0 Å². The highest BCUT2D eigenvalue weighted by atomic mass is 35.5. The summed E-state index contributed by atoms with van der Waals surface area (Å²) in [6.45, 7) is 0.270. The molecule has 1 aromatic rings. The molecule has 17 heavy (non-hydrogen) atoms. The van der Waals surface area contributed by atoms with Gasteiger partial charge in [0.05, 0.1) is 6.04 Å². The van der Waals surface area contributed by atoms with E-state index in [-0.39, 0.29) is 11.9 Å². The summed E-state index contributed by atoms with van der Waals surface area (Å²) >= 11 is 7.68. The number of nitrogens with zero attached hydrogens (tertiary/aromatic N) is 1. The highest BCUT2D eigenvalue weighted by Gasteiger charge is 2.27. The summed E-state index contributed by atoms with van der Waals surface area (Å²) in [5.74, 6) is 1.59. The first-order valence-electron chi connectivity index (χ1n) is 5.46. The quantitative estimate of drug-likeness (QED) is 0.894. The Bertz CT molecular complexity index is 396. The average molecular weight is 272 g/mol. The van der Waals surface area contributed by atoms with Crippen LogP contribution in [-0.2, 0) is 4.79 Å². The topological polar surface area (TPSA) is 40.5 Å². The molecule has 2 rings (SSSR count). The SMILES string of the molecule is O=C(CO)N1CCSC[C@H]1c1ccc(Cl)cc1. The number of hydrogen-bond acceptors (Lipinski definition) is 3. The fourth-order valence-electron chi connectivity index (χ4n) is 1.95. The van der Waals surface area contributed by atoms with Crippen molar-refractivity contribution in [2.45, 2.75) is 6.04 Å². The summed E-state index contributed by atoms with van der Waals surface area (Å²) in [7, 11) is 0. The summed E-state index contributed by atoms with van der Waals surface area (Å²) in [4.78, 5) is 13.4. The zero-order valence-electron chi connectivity index (χ0n) is 9.30. The first-order chi connectivity index (χ1) is 8.22. The van der Waals surface area contributed by atoms with Crippen LogP contribution >= 0.6 is 23.4 Å². The van der Waals surface area contributed by atoms with Gasteiger partial charge in [-0.05, 0) is 17.7 Å². The summed E-state index contributed by atoms with van der Waals surface area (Å²) in [6.07, 6.45) is 0. The van der Waals surface area contributed by atoms with Crippen molar-refractivity contribution in [2.24, 2.45) is 0 Å². The molecule has 1 saturated heterocycles. The number of rotatable bonds is 2. The van der Waals surface area contributed by atoms with Gasteiger partial charge in [-0.25, -0.2) is 0 Å². The lowest BCUT2D eigenvalue weighted by atomic mass is 10.1. The smallest absolute Gasteiger partial charge is 0.248 e. The maximum atomic E-state index is 11.7. The van der Waals surface area contributed by atoms with Crippen molar-refractivity contribution in [3.05, 3.63) is 34.9 Å². The maximum Gasteiger partial charge on any atom is 0.248 e. The minimum Gasteiger partial charge on any atom is -0.387 e. The number of thioether (sulfide) groups is 1. The molecular weight excluding hydrogens is 258 g/mol. The molecule has 0 saturated carbocycles. The van der Waals surface area contributed by atoms with Crippen LogP contribution in [0.1, 0.15) is 11.6 Å². The molecular formula is C12H14ClNO2S. The lowest BCUT2D eigenvalue weighted by Crippen LogP contribution is -2.42. The molecule has 3 nitrogen and oxygen atoms in total. The van der Waals surface area contributed by atoms with E-state index < -0.39 is 6.61 Å². The van der Waals surface area contributed by atoms with Gasteiger partial charge in [-0.3, -0.25) is 4.79 Å². The van der Waals surface area contributed by atoms with Gasteiger partial charge in [-0.1, -0.05) is 23.7 Å². The van der Waals surface area contributed by atoms with Crippen LogP contribution in [0.5, 0.6) is 0 Å². The molecule has 1 amide bonds. The summed E-state index contributed by atoms with van der Waals surface area (Å²) < 4.78 is 0. The molecule has 0 unspecified atom stereocenters. The van der Waals surface area contributed by atoms with Gasteiger partial charge in [0, 0.05) is 23.1 Å². The molecule has 0 aliphatic carbocycles. The Morgan fingerprint density at radius 1 is 1.47 bits per heavy atom. The predicted octanol–water partition coefficient (Wildman–Crippen LogP) is 1.95. The highest BCUT2D eigenvalue weighted by molar-refractivity contribution is 7.99. The van der Waals surface area contributed by atoms with Crippen LogP contribution in [-0.4, -0.2) is 40.6 Å². The molecule has 1 N–H and O–H groups in total. The molecule has 92 valence electrons. The van der Waals surface area contributed by atoms with Crippen molar-refractivity contribution in [1.82, 2.24) is 4.90 Å². The first kappa shape index (κ1) is 12.7. The largest absolute Gasteiger partial charge is 0.387 e. The van der Waals surface area contributed by atoms with Gasteiger partial charge in [0.15, 0.2) is 0 Å². The molecule has 1 aromatic carbocycles. The fourth-order valence-corrected chi connectivity index (χ4v) is 3.17. The molecule has 0 spiro atoms. The lowest BCUT2D eigenvalue weighted by molar-refractivity contribution is -0.136. The summed E-state index contributed by atoms with van der Waals surface area (Å²) in [5.41, 5.74) is 1.07. The van der Waals surface area contributed by atoms with E-state index in [4.69, 9.17) is 16.7 Å². The molecule has 0 bridgehead atoms. The van der Waals surface area contributed by atoms with Crippen LogP contribution in [0.15, 0.2) is 24.3 Å². The zero-order chi connectivity index (χ0) is 12.3. The zero-order valence-corrected chi connectivity index (χ0v) is 10.9. The van der Waals surface area contributed by atoms with Crippen molar-refractivity contribution < 1.29 is 9.90 Å². The van der Waals surface area contributed by atoms with Crippen molar-refractivity contribution >= 4 is 29.3 Å². The molecule has 0 aromatic heterocycles. The third-order valence-corrected chi connectivity index (χ3v) is 4.11. The second-order valence-electron chi connectivity index (χ2n) is 3.89.